The van der Waals surface area contributed by atoms with Crippen LogP contribution in [0.5, 0.6) is 0 Å². The highest BCUT2D eigenvalue weighted by atomic mass is 16.4. The zero-order chi connectivity index (χ0) is 9.14. The van der Waals surface area contributed by atoms with Crippen LogP contribution in [-0.4, -0.2) is 24.5 Å². The van der Waals surface area contributed by atoms with Crippen LogP contribution in [0, 0.1) is 5.92 Å². The Kier molecular flexibility index (Phi) is 2.65. The van der Waals surface area contributed by atoms with Gasteiger partial charge in [-0.1, -0.05) is 0 Å². The Bertz CT molecular complexity index is 174. The average Bonchev–Trinajstić information content (AvgIpc) is 2.04. The van der Waals surface area contributed by atoms with Crippen LogP contribution in [0.15, 0.2) is 0 Å². The smallest absolute Gasteiger partial charge is 0.0584 e. The molecular weight excluding hydrogens is 162 g/mol. The van der Waals surface area contributed by atoms with Crippen molar-refractivity contribution in [1.29, 1.82) is 0 Å². The molecule has 1 aliphatic heterocycles. The van der Waals surface area contributed by atoms with Crippen LogP contribution in [-0.2, 0) is 9.59 Å². The number of carboxylic acids is 2. The van der Waals surface area contributed by atoms with Crippen LogP contribution in [0.25, 0.3) is 0 Å². The molecule has 0 aromatic carbocycles. The second-order valence-electron chi connectivity index (χ2n) is 2.87. The van der Waals surface area contributed by atoms with Crippen LogP contribution in [0.1, 0.15) is 12.8 Å². The van der Waals surface area contributed by atoms with Crippen molar-refractivity contribution in [2.45, 2.75) is 18.9 Å². The maximum Gasteiger partial charge on any atom is 0.0584 e. The molecule has 0 amide bonds. The Morgan fingerprint density at radius 2 is 1.83 bits per heavy atom. The molecule has 1 heterocycles. The predicted molar refractivity (Wildman–Crippen MR) is 34.5 cm³/mol. The highest BCUT2D eigenvalue weighted by molar-refractivity contribution is 5.73. The van der Waals surface area contributed by atoms with Gasteiger partial charge in [0.05, 0.1) is 5.97 Å². The molecule has 1 aliphatic rings. The van der Waals surface area contributed by atoms with Gasteiger partial charge >= 0.3 is 0 Å². The Balaban J connectivity index is 2.39. The number of hydrogen-bond donors (Lipinski definition) is 1. The van der Waals surface area contributed by atoms with Crippen molar-refractivity contribution in [3.63, 3.8) is 0 Å². The van der Waals surface area contributed by atoms with Crippen molar-refractivity contribution in [1.82, 2.24) is 5.32 Å². The van der Waals surface area contributed by atoms with Crippen LogP contribution < -0.4 is 15.5 Å². The summed E-state index contributed by atoms with van der Waals surface area (Å²) in [6.07, 6.45) is 0.634. The summed E-state index contributed by atoms with van der Waals surface area (Å²) in [7, 11) is 0. The summed E-state index contributed by atoms with van der Waals surface area (Å²) in [5.74, 6) is -2.87. The molecule has 5 heteroatoms. The third-order valence-electron chi connectivity index (χ3n) is 2.03. The maximum absolute atomic E-state index is 10.3. The van der Waals surface area contributed by atoms with E-state index in [9.17, 15) is 19.8 Å². The molecule has 0 aliphatic carbocycles. The van der Waals surface area contributed by atoms with E-state index >= 15 is 0 Å². The van der Waals surface area contributed by atoms with E-state index in [0.29, 0.717) is 12.8 Å². The lowest BCUT2D eigenvalue weighted by atomic mass is 9.95. The number of carboxylic acid groups (broad SMARTS) is 2. The summed E-state index contributed by atoms with van der Waals surface area (Å²) < 4.78 is 0. The van der Waals surface area contributed by atoms with Crippen LogP contribution in [0.3, 0.4) is 0 Å². The Hall–Kier alpha value is -1.10. The average molecular weight is 171 g/mol. The van der Waals surface area contributed by atoms with E-state index < -0.39 is 23.9 Å². The summed E-state index contributed by atoms with van der Waals surface area (Å²) in [5, 5.41) is 23.2. The first-order chi connectivity index (χ1) is 5.61. The molecule has 1 fully saturated rings. The number of rotatable bonds is 2. The number of nitrogens with one attached hydrogen (secondary N) is 1. The number of piperidine rings is 1. The van der Waals surface area contributed by atoms with Crippen molar-refractivity contribution < 1.29 is 19.8 Å². The van der Waals surface area contributed by atoms with E-state index in [1.165, 1.54) is 0 Å². The summed E-state index contributed by atoms with van der Waals surface area (Å²) in [6.45, 7) is 0.154. The SMILES string of the molecule is O=C([O-])C1CCC(C(=O)[O-])NC1. The molecule has 1 saturated heterocycles. The fourth-order valence-electron chi connectivity index (χ4n) is 1.26. The molecule has 0 aromatic heterocycles. The van der Waals surface area contributed by atoms with Crippen molar-refractivity contribution in [2.75, 3.05) is 6.54 Å². The number of carbonyl (C=O) groups excluding carboxylic acids is 2. The first kappa shape index (κ1) is 8.99. The van der Waals surface area contributed by atoms with Gasteiger partial charge in [0.25, 0.3) is 0 Å². The Morgan fingerprint density at radius 3 is 2.17 bits per heavy atom. The minimum Gasteiger partial charge on any atom is -0.550 e. The number of hydrogen-bond acceptors (Lipinski definition) is 5. The number of carbonyl (C=O) groups is 2. The van der Waals surface area contributed by atoms with E-state index in [0.717, 1.165) is 0 Å². The lowest BCUT2D eigenvalue weighted by Gasteiger charge is -2.30. The third kappa shape index (κ3) is 1.94. The molecule has 0 spiro atoms. The minimum atomic E-state index is -1.17. The van der Waals surface area contributed by atoms with Crippen LogP contribution in [0.2, 0.25) is 0 Å². The van der Waals surface area contributed by atoms with Gasteiger partial charge in [-0.25, -0.2) is 0 Å². The molecule has 1 N–H and O–H groups in total. The van der Waals surface area contributed by atoms with Crippen molar-refractivity contribution in [2.24, 2.45) is 5.92 Å². The van der Waals surface area contributed by atoms with Crippen molar-refractivity contribution >= 4 is 11.9 Å². The molecular formula is C7H9NO4-2. The lowest BCUT2D eigenvalue weighted by molar-refractivity contribution is -0.316. The van der Waals surface area contributed by atoms with Crippen LogP contribution >= 0.6 is 0 Å². The fourth-order valence-corrected chi connectivity index (χ4v) is 1.26. The molecule has 0 radical (unpaired) electrons. The summed E-state index contributed by atoms with van der Waals surface area (Å²) in [5.41, 5.74) is 0. The molecule has 0 saturated carbocycles. The second kappa shape index (κ2) is 3.53. The van der Waals surface area contributed by atoms with Crippen molar-refractivity contribution in [3.8, 4) is 0 Å². The highest BCUT2D eigenvalue weighted by Gasteiger charge is 2.21. The van der Waals surface area contributed by atoms with Gasteiger partial charge in [-0.15, -0.1) is 0 Å². The van der Waals surface area contributed by atoms with Gasteiger partial charge in [0.1, 0.15) is 0 Å². The quantitative estimate of drug-likeness (QED) is 0.473. The molecule has 2 atom stereocenters. The Morgan fingerprint density at radius 1 is 1.17 bits per heavy atom. The van der Waals surface area contributed by atoms with Crippen molar-refractivity contribution in [3.05, 3.63) is 0 Å². The first-order valence-corrected chi connectivity index (χ1v) is 3.76. The second-order valence-corrected chi connectivity index (χ2v) is 2.87. The third-order valence-corrected chi connectivity index (χ3v) is 2.03. The summed E-state index contributed by atoms with van der Waals surface area (Å²) in [4.78, 5) is 20.6. The van der Waals surface area contributed by atoms with Gasteiger partial charge in [0.2, 0.25) is 0 Å². The van der Waals surface area contributed by atoms with E-state index in [1.54, 1.807) is 0 Å². The van der Waals surface area contributed by atoms with Gasteiger partial charge < -0.3 is 25.1 Å². The molecule has 0 bridgehead atoms. The van der Waals surface area contributed by atoms with E-state index in [1.807, 2.05) is 0 Å². The number of aliphatic carboxylic acids is 2. The zero-order valence-electron chi connectivity index (χ0n) is 6.41. The maximum atomic E-state index is 10.3. The van der Waals surface area contributed by atoms with Gasteiger partial charge in [-0.05, 0) is 12.8 Å². The van der Waals surface area contributed by atoms with Gasteiger partial charge in [0.15, 0.2) is 0 Å². The lowest BCUT2D eigenvalue weighted by Crippen LogP contribution is -2.52. The molecule has 1 rings (SSSR count). The topological polar surface area (TPSA) is 92.3 Å². The van der Waals surface area contributed by atoms with E-state index in [4.69, 9.17) is 0 Å². The van der Waals surface area contributed by atoms with Gasteiger partial charge in [-0.3, -0.25) is 0 Å². The molecule has 5 nitrogen and oxygen atoms in total. The van der Waals surface area contributed by atoms with E-state index in [-0.39, 0.29) is 6.54 Å². The largest absolute Gasteiger partial charge is 0.550 e. The minimum absolute atomic E-state index is 0.154. The van der Waals surface area contributed by atoms with Crippen LogP contribution in [0.4, 0.5) is 0 Å². The summed E-state index contributed by atoms with van der Waals surface area (Å²) >= 11 is 0. The molecule has 0 aromatic rings. The standard InChI is InChI=1S/C7H11NO4/c9-6(10)4-1-2-5(7(11)12)8-3-4/h4-5,8H,1-3H2,(H,9,10)(H,11,12)/p-2. The summed E-state index contributed by atoms with van der Waals surface area (Å²) in [6, 6.07) is -0.708. The normalized spacial score (nSPS) is 29.7. The Labute approximate surface area is 69.4 Å². The molecule has 12 heavy (non-hydrogen) atoms. The van der Waals surface area contributed by atoms with Gasteiger partial charge in [0, 0.05) is 24.5 Å². The fraction of sp³-hybridized carbons (Fsp3) is 0.714. The van der Waals surface area contributed by atoms with Gasteiger partial charge in [-0.2, -0.15) is 0 Å². The highest BCUT2D eigenvalue weighted by Crippen LogP contribution is 2.12. The molecule has 68 valence electrons. The zero-order valence-corrected chi connectivity index (χ0v) is 6.41. The predicted octanol–water partition coefficient (Wildman–Crippen LogP) is -3.15. The first-order valence-electron chi connectivity index (χ1n) is 3.76. The monoisotopic (exact) mass is 171 g/mol. The molecule has 2 unspecified atom stereocenters. The van der Waals surface area contributed by atoms with E-state index in [2.05, 4.69) is 5.32 Å².